The predicted molar refractivity (Wildman–Crippen MR) is 82.6 cm³/mol. The molecule has 1 heterocycles. The minimum absolute atomic E-state index is 0.0201. The highest BCUT2D eigenvalue weighted by atomic mass is 32.2. The van der Waals surface area contributed by atoms with Gasteiger partial charge in [0.1, 0.15) is 0 Å². The Labute approximate surface area is 126 Å². The number of aryl methyl sites for hydroxylation is 2. The van der Waals surface area contributed by atoms with E-state index >= 15 is 0 Å². The Bertz CT molecular complexity index is 593. The molecule has 5 nitrogen and oxygen atoms in total. The van der Waals surface area contributed by atoms with Crippen LogP contribution in [0, 0.1) is 13.8 Å². The molecule has 0 amide bonds. The number of hydrogen-bond donors (Lipinski definition) is 2. The minimum atomic E-state index is -3.53. The van der Waals surface area contributed by atoms with Crippen LogP contribution in [0.5, 0.6) is 0 Å². The third-order valence-electron chi connectivity index (χ3n) is 3.92. The Morgan fingerprint density at radius 2 is 2.05 bits per heavy atom. The Hall–Kier alpha value is -0.950. The van der Waals surface area contributed by atoms with Gasteiger partial charge in [0.2, 0.25) is 10.0 Å². The van der Waals surface area contributed by atoms with Crippen molar-refractivity contribution in [2.45, 2.75) is 50.7 Å². The molecule has 0 spiro atoms. The second-order valence-corrected chi connectivity index (χ2v) is 7.32. The second-order valence-electron chi connectivity index (χ2n) is 5.59. The maximum absolute atomic E-state index is 12.5. The summed E-state index contributed by atoms with van der Waals surface area (Å²) in [6.45, 7) is 5.12. The summed E-state index contributed by atoms with van der Waals surface area (Å²) in [5.41, 5.74) is 8.28. The first kappa shape index (κ1) is 16.4. The third-order valence-corrected chi connectivity index (χ3v) is 5.48. The van der Waals surface area contributed by atoms with Gasteiger partial charge in [-0.1, -0.05) is 6.07 Å². The summed E-state index contributed by atoms with van der Waals surface area (Å²) in [4.78, 5) is 0.310. The van der Waals surface area contributed by atoms with E-state index < -0.39 is 10.0 Å². The molecule has 1 atom stereocenters. The van der Waals surface area contributed by atoms with E-state index in [1.807, 2.05) is 13.0 Å². The van der Waals surface area contributed by atoms with Crippen molar-refractivity contribution in [3.8, 4) is 0 Å². The van der Waals surface area contributed by atoms with Gasteiger partial charge in [0, 0.05) is 19.7 Å². The van der Waals surface area contributed by atoms with E-state index in [9.17, 15) is 8.42 Å². The summed E-state index contributed by atoms with van der Waals surface area (Å²) in [5.74, 6) is 0. The van der Waals surface area contributed by atoms with E-state index in [0.717, 1.165) is 36.0 Å². The molecule has 1 fully saturated rings. The van der Waals surface area contributed by atoms with Crippen LogP contribution in [0.3, 0.4) is 0 Å². The number of nitrogens with one attached hydrogen (secondary N) is 1. The number of hydrogen-bond acceptors (Lipinski definition) is 4. The van der Waals surface area contributed by atoms with Crippen LogP contribution in [0.4, 0.5) is 0 Å². The lowest BCUT2D eigenvalue weighted by Gasteiger charge is -2.23. The summed E-state index contributed by atoms with van der Waals surface area (Å²) in [5, 5.41) is 0. The van der Waals surface area contributed by atoms with Crippen LogP contribution in [0.2, 0.25) is 0 Å². The highest BCUT2D eigenvalue weighted by Crippen LogP contribution is 2.21. The predicted octanol–water partition coefficient (Wildman–Crippen LogP) is 1.61. The molecule has 1 aliphatic rings. The molecule has 0 radical (unpaired) electrons. The van der Waals surface area contributed by atoms with Gasteiger partial charge in [-0.25, -0.2) is 13.1 Å². The van der Waals surface area contributed by atoms with E-state index in [-0.39, 0.29) is 6.10 Å². The monoisotopic (exact) mass is 312 g/mol. The molecular formula is C15H24N2O3S. The number of nitrogens with two attached hydrogens (primary N) is 1. The topological polar surface area (TPSA) is 81.4 Å². The lowest BCUT2D eigenvalue weighted by molar-refractivity contribution is 0.0200. The molecule has 0 aromatic heterocycles. The van der Waals surface area contributed by atoms with Crippen LogP contribution in [-0.4, -0.2) is 27.7 Å². The molecule has 1 aromatic rings. The van der Waals surface area contributed by atoms with Gasteiger partial charge in [-0.3, -0.25) is 0 Å². The number of sulfonamides is 1. The first-order valence-electron chi connectivity index (χ1n) is 7.35. The van der Waals surface area contributed by atoms with Crippen molar-refractivity contribution < 1.29 is 13.2 Å². The zero-order valence-electron chi connectivity index (χ0n) is 12.7. The smallest absolute Gasteiger partial charge is 0.240 e. The van der Waals surface area contributed by atoms with Gasteiger partial charge in [0.25, 0.3) is 0 Å². The van der Waals surface area contributed by atoms with Crippen molar-refractivity contribution in [2.75, 3.05) is 13.2 Å². The van der Waals surface area contributed by atoms with Crippen molar-refractivity contribution in [2.24, 2.45) is 5.73 Å². The zero-order valence-corrected chi connectivity index (χ0v) is 13.5. The Morgan fingerprint density at radius 3 is 2.67 bits per heavy atom. The van der Waals surface area contributed by atoms with Gasteiger partial charge in [0.15, 0.2) is 0 Å². The van der Waals surface area contributed by atoms with Crippen LogP contribution < -0.4 is 10.5 Å². The van der Waals surface area contributed by atoms with Crippen molar-refractivity contribution in [3.63, 3.8) is 0 Å². The molecule has 1 aliphatic heterocycles. The van der Waals surface area contributed by atoms with Crippen LogP contribution >= 0.6 is 0 Å². The average molecular weight is 312 g/mol. The van der Waals surface area contributed by atoms with E-state index in [1.54, 1.807) is 13.0 Å². The molecule has 3 N–H and O–H groups in total. The van der Waals surface area contributed by atoms with E-state index in [2.05, 4.69) is 4.72 Å². The second kappa shape index (κ2) is 6.87. The minimum Gasteiger partial charge on any atom is -0.377 e. The molecule has 1 unspecified atom stereocenters. The maximum atomic E-state index is 12.5. The van der Waals surface area contributed by atoms with Crippen molar-refractivity contribution in [1.29, 1.82) is 0 Å². The molecule has 2 rings (SSSR count). The SMILES string of the molecule is Cc1cc(C)c(S(=O)(=O)NCC2CCCCO2)cc1CN. The van der Waals surface area contributed by atoms with Crippen molar-refractivity contribution >= 4 is 10.0 Å². The summed E-state index contributed by atoms with van der Waals surface area (Å²) in [6.07, 6.45) is 3.03. The van der Waals surface area contributed by atoms with Gasteiger partial charge in [-0.15, -0.1) is 0 Å². The number of benzene rings is 1. The molecular weight excluding hydrogens is 288 g/mol. The lowest BCUT2D eigenvalue weighted by Crippen LogP contribution is -2.35. The van der Waals surface area contributed by atoms with Crippen molar-refractivity contribution in [3.05, 3.63) is 28.8 Å². The largest absolute Gasteiger partial charge is 0.377 e. The standard InChI is InChI=1S/C15H24N2O3S/c1-11-7-12(2)15(8-13(11)9-16)21(18,19)17-10-14-5-3-4-6-20-14/h7-8,14,17H,3-6,9-10,16H2,1-2H3. The van der Waals surface area contributed by atoms with Gasteiger partial charge in [-0.2, -0.15) is 0 Å². The molecule has 21 heavy (non-hydrogen) atoms. The van der Waals surface area contributed by atoms with E-state index in [4.69, 9.17) is 10.5 Å². The normalized spacial score (nSPS) is 19.7. The average Bonchev–Trinajstić information content (AvgIpc) is 2.46. The fourth-order valence-corrected chi connectivity index (χ4v) is 3.97. The molecule has 118 valence electrons. The van der Waals surface area contributed by atoms with Crippen molar-refractivity contribution in [1.82, 2.24) is 4.72 Å². The summed E-state index contributed by atoms with van der Waals surface area (Å²) in [7, 11) is -3.53. The first-order valence-corrected chi connectivity index (χ1v) is 8.84. The van der Waals surface area contributed by atoms with Gasteiger partial charge in [0.05, 0.1) is 11.0 Å². The lowest BCUT2D eigenvalue weighted by atomic mass is 10.1. The van der Waals surface area contributed by atoms with Crippen LogP contribution in [0.15, 0.2) is 17.0 Å². The summed E-state index contributed by atoms with van der Waals surface area (Å²) in [6, 6.07) is 3.54. The molecule has 1 saturated heterocycles. The molecule has 0 bridgehead atoms. The van der Waals surface area contributed by atoms with Gasteiger partial charge >= 0.3 is 0 Å². The van der Waals surface area contributed by atoms with Gasteiger partial charge < -0.3 is 10.5 Å². The Kier molecular flexibility index (Phi) is 5.37. The fraction of sp³-hybridized carbons (Fsp3) is 0.600. The van der Waals surface area contributed by atoms with Crippen LogP contribution in [-0.2, 0) is 21.3 Å². The third kappa shape index (κ3) is 4.03. The zero-order chi connectivity index (χ0) is 15.5. The van der Waals surface area contributed by atoms with Crippen LogP contribution in [0.1, 0.15) is 36.0 Å². The Morgan fingerprint density at radius 1 is 1.29 bits per heavy atom. The summed E-state index contributed by atoms with van der Waals surface area (Å²) < 4.78 is 33.2. The maximum Gasteiger partial charge on any atom is 0.240 e. The highest BCUT2D eigenvalue weighted by Gasteiger charge is 2.21. The van der Waals surface area contributed by atoms with E-state index in [0.29, 0.717) is 24.6 Å². The quantitative estimate of drug-likeness (QED) is 0.865. The van der Waals surface area contributed by atoms with E-state index in [1.165, 1.54) is 0 Å². The first-order chi connectivity index (χ1) is 9.94. The number of ether oxygens (including phenoxy) is 1. The molecule has 0 aliphatic carbocycles. The molecule has 1 aromatic carbocycles. The fourth-order valence-electron chi connectivity index (χ4n) is 2.63. The van der Waals surface area contributed by atoms with Crippen LogP contribution in [0.25, 0.3) is 0 Å². The number of rotatable bonds is 5. The molecule has 6 heteroatoms. The Balaban J connectivity index is 2.15. The molecule has 0 saturated carbocycles. The van der Waals surface area contributed by atoms with Gasteiger partial charge in [-0.05, 0) is 55.9 Å². The highest BCUT2D eigenvalue weighted by molar-refractivity contribution is 7.89. The summed E-state index contributed by atoms with van der Waals surface area (Å²) >= 11 is 0.